The summed E-state index contributed by atoms with van der Waals surface area (Å²) >= 11 is 0. The van der Waals surface area contributed by atoms with Crippen LogP contribution in [-0.4, -0.2) is 25.1 Å². The lowest BCUT2D eigenvalue weighted by atomic mass is 10.1. The van der Waals surface area contributed by atoms with Crippen molar-refractivity contribution in [2.45, 2.75) is 34.6 Å². The van der Waals surface area contributed by atoms with Crippen LogP contribution in [0.5, 0.6) is 5.75 Å². The second-order valence-corrected chi connectivity index (χ2v) is 6.29. The van der Waals surface area contributed by atoms with Crippen LogP contribution in [0.2, 0.25) is 0 Å². The van der Waals surface area contributed by atoms with Gasteiger partial charge in [-0.1, -0.05) is 12.1 Å². The molecule has 0 aromatic heterocycles. The monoisotopic (exact) mass is 355 g/mol. The molecule has 0 aliphatic rings. The molecule has 0 aliphatic heterocycles. The third-order valence-electron chi connectivity index (χ3n) is 4.15. The summed E-state index contributed by atoms with van der Waals surface area (Å²) < 4.78 is 10.7. The van der Waals surface area contributed by atoms with Crippen molar-refractivity contribution < 1.29 is 19.1 Å². The van der Waals surface area contributed by atoms with E-state index >= 15 is 0 Å². The normalized spacial score (nSPS) is 10.3. The van der Waals surface area contributed by atoms with E-state index in [2.05, 4.69) is 11.4 Å². The van der Waals surface area contributed by atoms with Crippen LogP contribution in [0.25, 0.3) is 0 Å². The van der Waals surface area contributed by atoms with Crippen molar-refractivity contribution in [2.24, 2.45) is 0 Å². The first-order chi connectivity index (χ1) is 12.3. The van der Waals surface area contributed by atoms with E-state index in [-0.39, 0.29) is 12.5 Å². The Morgan fingerprint density at radius 1 is 1.00 bits per heavy atom. The fourth-order valence-electron chi connectivity index (χ4n) is 2.58. The quantitative estimate of drug-likeness (QED) is 0.792. The van der Waals surface area contributed by atoms with Crippen molar-refractivity contribution in [3.8, 4) is 5.75 Å². The maximum atomic E-state index is 12.3. The van der Waals surface area contributed by atoms with E-state index in [1.807, 2.05) is 33.8 Å². The van der Waals surface area contributed by atoms with Crippen LogP contribution in [0, 0.1) is 27.7 Å². The summed E-state index contributed by atoms with van der Waals surface area (Å²) in [6, 6.07) is 9.07. The molecule has 0 saturated carbocycles. The van der Waals surface area contributed by atoms with Gasteiger partial charge in [-0.2, -0.15) is 0 Å². The molecule has 5 heteroatoms. The van der Waals surface area contributed by atoms with E-state index in [9.17, 15) is 9.59 Å². The topological polar surface area (TPSA) is 64.6 Å². The summed E-state index contributed by atoms with van der Waals surface area (Å²) in [6.07, 6.45) is 0. The SMILES string of the molecule is CCOC(=O)c1ccc(C)c(NC(=O)COc2cc(C)cc(C)c2C)c1. The standard InChI is InChI=1S/C21H25NO4/c1-6-25-21(24)17-8-7-14(3)18(11-17)22-20(23)12-26-19-10-13(2)9-15(4)16(19)5/h7-11H,6,12H2,1-5H3,(H,22,23). The predicted molar refractivity (Wildman–Crippen MR) is 102 cm³/mol. The number of anilines is 1. The highest BCUT2D eigenvalue weighted by atomic mass is 16.5. The molecule has 1 N–H and O–H groups in total. The summed E-state index contributed by atoms with van der Waals surface area (Å²) in [6.45, 7) is 9.78. The molecular weight excluding hydrogens is 330 g/mol. The van der Waals surface area contributed by atoms with E-state index in [1.54, 1.807) is 25.1 Å². The summed E-state index contributed by atoms with van der Waals surface area (Å²) in [5, 5.41) is 2.79. The van der Waals surface area contributed by atoms with E-state index in [4.69, 9.17) is 9.47 Å². The van der Waals surface area contributed by atoms with Gasteiger partial charge < -0.3 is 14.8 Å². The Balaban J connectivity index is 2.06. The number of amides is 1. The molecular formula is C21H25NO4. The summed E-state index contributed by atoms with van der Waals surface area (Å²) in [7, 11) is 0. The van der Waals surface area contributed by atoms with Crippen molar-refractivity contribution in [1.82, 2.24) is 0 Å². The second kappa shape index (κ2) is 8.52. The van der Waals surface area contributed by atoms with Crippen LogP contribution in [-0.2, 0) is 9.53 Å². The highest BCUT2D eigenvalue weighted by Gasteiger charge is 2.12. The van der Waals surface area contributed by atoms with E-state index in [0.29, 0.717) is 23.6 Å². The number of nitrogens with one attached hydrogen (secondary N) is 1. The smallest absolute Gasteiger partial charge is 0.338 e. The molecule has 1 amide bonds. The van der Waals surface area contributed by atoms with Crippen LogP contribution in [0.4, 0.5) is 5.69 Å². The zero-order chi connectivity index (χ0) is 19.3. The van der Waals surface area contributed by atoms with Gasteiger partial charge in [0.1, 0.15) is 5.75 Å². The Morgan fingerprint density at radius 3 is 2.42 bits per heavy atom. The lowest BCUT2D eigenvalue weighted by Gasteiger charge is -2.13. The van der Waals surface area contributed by atoms with Gasteiger partial charge in [-0.15, -0.1) is 0 Å². The summed E-state index contributed by atoms with van der Waals surface area (Å²) in [4.78, 5) is 24.1. The van der Waals surface area contributed by atoms with Gasteiger partial charge in [-0.25, -0.2) is 4.79 Å². The first-order valence-corrected chi connectivity index (χ1v) is 8.60. The molecule has 0 unspecified atom stereocenters. The Hall–Kier alpha value is -2.82. The van der Waals surface area contributed by atoms with Crippen molar-refractivity contribution in [1.29, 1.82) is 0 Å². The molecule has 0 aliphatic carbocycles. The number of benzene rings is 2. The molecule has 0 heterocycles. The lowest BCUT2D eigenvalue weighted by molar-refractivity contribution is -0.118. The molecule has 2 rings (SSSR count). The van der Waals surface area contributed by atoms with Gasteiger partial charge in [0.05, 0.1) is 12.2 Å². The number of rotatable bonds is 6. The third kappa shape index (κ3) is 4.85. The highest BCUT2D eigenvalue weighted by molar-refractivity contribution is 5.96. The Bertz CT molecular complexity index is 827. The molecule has 0 bridgehead atoms. The maximum Gasteiger partial charge on any atom is 0.338 e. The summed E-state index contributed by atoms with van der Waals surface area (Å²) in [5.74, 6) is 0.00687. The second-order valence-electron chi connectivity index (χ2n) is 6.29. The number of esters is 1. The van der Waals surface area contributed by atoms with Crippen LogP contribution in [0.3, 0.4) is 0 Å². The Kier molecular flexibility index (Phi) is 6.39. The minimum Gasteiger partial charge on any atom is -0.483 e. The summed E-state index contributed by atoms with van der Waals surface area (Å²) in [5.41, 5.74) is 5.05. The zero-order valence-corrected chi connectivity index (χ0v) is 15.9. The molecule has 26 heavy (non-hydrogen) atoms. The van der Waals surface area contributed by atoms with Crippen LogP contribution >= 0.6 is 0 Å². The highest BCUT2D eigenvalue weighted by Crippen LogP contribution is 2.23. The molecule has 0 radical (unpaired) electrons. The number of carbonyl (C=O) groups excluding carboxylic acids is 2. The number of hydrogen-bond acceptors (Lipinski definition) is 4. The Labute approximate surface area is 154 Å². The van der Waals surface area contributed by atoms with Crippen molar-refractivity contribution in [2.75, 3.05) is 18.5 Å². The zero-order valence-electron chi connectivity index (χ0n) is 15.9. The lowest BCUT2D eigenvalue weighted by Crippen LogP contribution is -2.21. The molecule has 138 valence electrons. The largest absolute Gasteiger partial charge is 0.483 e. The molecule has 0 atom stereocenters. The van der Waals surface area contributed by atoms with Gasteiger partial charge in [-0.05, 0) is 75.1 Å². The molecule has 2 aromatic carbocycles. The fraction of sp³-hybridized carbons (Fsp3) is 0.333. The Morgan fingerprint density at radius 2 is 1.73 bits per heavy atom. The third-order valence-corrected chi connectivity index (χ3v) is 4.15. The van der Waals surface area contributed by atoms with E-state index in [1.165, 1.54) is 0 Å². The molecule has 0 fully saturated rings. The van der Waals surface area contributed by atoms with E-state index in [0.717, 1.165) is 22.3 Å². The van der Waals surface area contributed by atoms with Crippen molar-refractivity contribution in [3.63, 3.8) is 0 Å². The molecule has 2 aromatic rings. The fourth-order valence-corrected chi connectivity index (χ4v) is 2.58. The average molecular weight is 355 g/mol. The first kappa shape index (κ1) is 19.5. The van der Waals surface area contributed by atoms with Gasteiger partial charge >= 0.3 is 5.97 Å². The molecule has 0 spiro atoms. The number of hydrogen-bond donors (Lipinski definition) is 1. The maximum absolute atomic E-state index is 12.3. The molecule has 0 saturated heterocycles. The van der Waals surface area contributed by atoms with Gasteiger partial charge in [-0.3, -0.25) is 4.79 Å². The van der Waals surface area contributed by atoms with Gasteiger partial charge in [0, 0.05) is 5.69 Å². The van der Waals surface area contributed by atoms with Crippen LogP contribution in [0.15, 0.2) is 30.3 Å². The molecule has 5 nitrogen and oxygen atoms in total. The number of carbonyl (C=O) groups is 2. The van der Waals surface area contributed by atoms with Crippen LogP contribution < -0.4 is 10.1 Å². The minimum atomic E-state index is -0.412. The van der Waals surface area contributed by atoms with Gasteiger partial charge in [0.2, 0.25) is 0 Å². The van der Waals surface area contributed by atoms with Gasteiger partial charge in [0.25, 0.3) is 5.91 Å². The van der Waals surface area contributed by atoms with E-state index < -0.39 is 5.97 Å². The van der Waals surface area contributed by atoms with Gasteiger partial charge in [0.15, 0.2) is 6.61 Å². The first-order valence-electron chi connectivity index (χ1n) is 8.60. The van der Waals surface area contributed by atoms with Crippen molar-refractivity contribution in [3.05, 3.63) is 58.1 Å². The number of aryl methyl sites for hydroxylation is 3. The average Bonchev–Trinajstić information content (AvgIpc) is 2.59. The van der Waals surface area contributed by atoms with Crippen LogP contribution in [0.1, 0.15) is 39.5 Å². The predicted octanol–water partition coefficient (Wildman–Crippen LogP) is 4.11. The minimum absolute atomic E-state index is 0.104. The van der Waals surface area contributed by atoms with Crippen molar-refractivity contribution >= 4 is 17.6 Å². The number of ether oxygens (including phenoxy) is 2.